The molecule has 2 rings (SSSR count). The third kappa shape index (κ3) is 4.37. The van der Waals surface area contributed by atoms with Gasteiger partial charge >= 0.3 is 6.03 Å². The molecule has 0 saturated carbocycles. The van der Waals surface area contributed by atoms with Gasteiger partial charge in [-0.1, -0.05) is 0 Å². The number of nitrogens with one attached hydrogen (secondary N) is 2. The third-order valence-corrected chi connectivity index (χ3v) is 2.60. The summed E-state index contributed by atoms with van der Waals surface area (Å²) in [7, 11) is 0. The first-order chi connectivity index (χ1) is 10.0. The number of rotatable bonds is 4. The second-order valence-electron chi connectivity index (χ2n) is 4.41. The topological polar surface area (TPSA) is 115 Å². The first-order valence-electron chi connectivity index (χ1n) is 6.32. The molecule has 0 saturated heterocycles. The average Bonchev–Trinajstić information content (AvgIpc) is 2.45. The van der Waals surface area contributed by atoms with Crippen LogP contribution in [0.15, 0.2) is 23.3 Å². The molecule has 112 valence electrons. The number of ether oxygens (including phenoxy) is 2. The number of urea groups is 1. The number of carbonyl (C=O) groups excluding carboxylic acids is 2. The van der Waals surface area contributed by atoms with Crippen molar-refractivity contribution in [2.75, 3.05) is 18.5 Å². The Morgan fingerprint density at radius 2 is 2.00 bits per heavy atom. The summed E-state index contributed by atoms with van der Waals surface area (Å²) in [4.78, 5) is 22.3. The van der Waals surface area contributed by atoms with E-state index in [2.05, 4.69) is 15.8 Å². The van der Waals surface area contributed by atoms with Gasteiger partial charge in [-0.2, -0.15) is 5.10 Å². The van der Waals surface area contributed by atoms with Crippen LogP contribution >= 0.6 is 0 Å². The standard InChI is InChI=1S/C13H16N4O4/c1-8(16-17-13(14)19)6-12(18)15-9-2-3-10-11(7-9)21-5-4-20-10/h2-3,7H,4-6H2,1H3,(H,15,18)(H3,14,17,19)/b16-8-. The molecule has 1 aromatic carbocycles. The number of amides is 3. The van der Waals surface area contributed by atoms with E-state index in [1.54, 1.807) is 25.1 Å². The summed E-state index contributed by atoms with van der Waals surface area (Å²) >= 11 is 0. The van der Waals surface area contributed by atoms with Gasteiger partial charge in [-0.05, 0) is 19.1 Å². The number of anilines is 1. The number of hydrogen-bond donors (Lipinski definition) is 3. The van der Waals surface area contributed by atoms with Crippen molar-refractivity contribution >= 4 is 23.3 Å². The van der Waals surface area contributed by atoms with Crippen molar-refractivity contribution in [3.63, 3.8) is 0 Å². The molecule has 0 spiro atoms. The maximum atomic E-state index is 11.8. The number of hydrazone groups is 1. The van der Waals surface area contributed by atoms with E-state index in [0.29, 0.717) is 36.1 Å². The molecule has 21 heavy (non-hydrogen) atoms. The zero-order valence-corrected chi connectivity index (χ0v) is 11.5. The fourth-order valence-electron chi connectivity index (χ4n) is 1.75. The number of benzene rings is 1. The molecular weight excluding hydrogens is 276 g/mol. The average molecular weight is 292 g/mol. The minimum Gasteiger partial charge on any atom is -0.486 e. The van der Waals surface area contributed by atoms with Crippen LogP contribution < -0.4 is 25.9 Å². The normalized spacial score (nSPS) is 13.5. The zero-order valence-electron chi connectivity index (χ0n) is 11.5. The second-order valence-corrected chi connectivity index (χ2v) is 4.41. The molecule has 0 unspecified atom stereocenters. The van der Waals surface area contributed by atoms with Gasteiger partial charge in [0.1, 0.15) is 13.2 Å². The molecule has 1 aromatic rings. The Kier molecular flexibility index (Phi) is 4.60. The van der Waals surface area contributed by atoms with Gasteiger partial charge < -0.3 is 20.5 Å². The van der Waals surface area contributed by atoms with E-state index in [4.69, 9.17) is 15.2 Å². The largest absolute Gasteiger partial charge is 0.486 e. The monoisotopic (exact) mass is 292 g/mol. The number of carbonyl (C=O) groups is 2. The smallest absolute Gasteiger partial charge is 0.332 e. The Balaban J connectivity index is 1.93. The molecule has 0 atom stereocenters. The molecule has 0 aliphatic carbocycles. The van der Waals surface area contributed by atoms with Crippen LogP contribution in [-0.2, 0) is 4.79 Å². The van der Waals surface area contributed by atoms with Crippen molar-refractivity contribution in [1.29, 1.82) is 0 Å². The molecule has 8 heteroatoms. The van der Waals surface area contributed by atoms with Crippen molar-refractivity contribution in [2.45, 2.75) is 13.3 Å². The van der Waals surface area contributed by atoms with E-state index in [1.807, 2.05) is 0 Å². The fraction of sp³-hybridized carbons (Fsp3) is 0.308. The Morgan fingerprint density at radius 1 is 1.29 bits per heavy atom. The lowest BCUT2D eigenvalue weighted by Crippen LogP contribution is -2.26. The number of nitrogens with two attached hydrogens (primary N) is 1. The third-order valence-electron chi connectivity index (χ3n) is 2.60. The molecule has 0 bridgehead atoms. The van der Waals surface area contributed by atoms with Crippen LogP contribution in [-0.4, -0.2) is 30.9 Å². The molecule has 3 amide bonds. The predicted octanol–water partition coefficient (Wildman–Crippen LogP) is 0.831. The van der Waals surface area contributed by atoms with E-state index >= 15 is 0 Å². The summed E-state index contributed by atoms with van der Waals surface area (Å²) in [5.41, 5.74) is 7.97. The fourth-order valence-corrected chi connectivity index (χ4v) is 1.75. The lowest BCUT2D eigenvalue weighted by molar-refractivity contribution is -0.115. The first-order valence-corrected chi connectivity index (χ1v) is 6.32. The maximum absolute atomic E-state index is 11.8. The molecule has 4 N–H and O–H groups in total. The lowest BCUT2D eigenvalue weighted by atomic mass is 10.2. The first kappa shape index (κ1) is 14.6. The Labute approximate surface area is 121 Å². The quantitative estimate of drug-likeness (QED) is 0.563. The Hall–Kier alpha value is -2.77. The number of hydrogen-bond acceptors (Lipinski definition) is 5. The van der Waals surface area contributed by atoms with E-state index in [9.17, 15) is 9.59 Å². The van der Waals surface area contributed by atoms with E-state index < -0.39 is 6.03 Å². The van der Waals surface area contributed by atoms with Crippen LogP contribution in [0.1, 0.15) is 13.3 Å². The Morgan fingerprint density at radius 3 is 2.71 bits per heavy atom. The van der Waals surface area contributed by atoms with Crippen LogP contribution in [0.2, 0.25) is 0 Å². The highest BCUT2D eigenvalue weighted by Gasteiger charge is 2.13. The Bertz CT molecular complexity index is 586. The predicted molar refractivity (Wildman–Crippen MR) is 76.5 cm³/mol. The highest BCUT2D eigenvalue weighted by Crippen LogP contribution is 2.32. The van der Waals surface area contributed by atoms with Crippen molar-refractivity contribution < 1.29 is 19.1 Å². The van der Waals surface area contributed by atoms with Crippen LogP contribution in [0.4, 0.5) is 10.5 Å². The van der Waals surface area contributed by atoms with Crippen LogP contribution in [0.25, 0.3) is 0 Å². The summed E-state index contributed by atoms with van der Waals surface area (Å²) in [6, 6.07) is 4.38. The van der Waals surface area contributed by atoms with E-state index in [1.165, 1.54) is 0 Å². The molecule has 0 radical (unpaired) electrons. The highest BCUT2D eigenvalue weighted by molar-refractivity contribution is 6.05. The van der Waals surface area contributed by atoms with Gasteiger partial charge in [0.15, 0.2) is 11.5 Å². The molecule has 1 aliphatic rings. The van der Waals surface area contributed by atoms with Crippen molar-refractivity contribution in [2.24, 2.45) is 10.8 Å². The van der Waals surface area contributed by atoms with Gasteiger partial charge in [0.25, 0.3) is 0 Å². The second kappa shape index (κ2) is 6.60. The van der Waals surface area contributed by atoms with Gasteiger partial charge in [-0.25, -0.2) is 10.2 Å². The van der Waals surface area contributed by atoms with Crippen molar-refractivity contribution in [1.82, 2.24) is 5.43 Å². The molecule has 0 fully saturated rings. The van der Waals surface area contributed by atoms with Crippen LogP contribution in [0.5, 0.6) is 11.5 Å². The molecule has 0 aromatic heterocycles. The van der Waals surface area contributed by atoms with Gasteiger partial charge in [0.05, 0.1) is 6.42 Å². The van der Waals surface area contributed by atoms with Gasteiger partial charge in [-0.3, -0.25) is 4.79 Å². The summed E-state index contributed by atoms with van der Waals surface area (Å²) in [5, 5.41) is 6.37. The van der Waals surface area contributed by atoms with Crippen LogP contribution in [0.3, 0.4) is 0 Å². The highest BCUT2D eigenvalue weighted by atomic mass is 16.6. The summed E-state index contributed by atoms with van der Waals surface area (Å²) in [6.45, 7) is 2.61. The SMILES string of the molecule is C/C(CC(=O)Nc1ccc2c(c1)OCCO2)=N/NC(N)=O. The summed E-state index contributed by atoms with van der Waals surface area (Å²) in [5.74, 6) is 0.988. The zero-order chi connectivity index (χ0) is 15.2. The maximum Gasteiger partial charge on any atom is 0.332 e. The molecule has 8 nitrogen and oxygen atoms in total. The van der Waals surface area contributed by atoms with Crippen molar-refractivity contribution in [3.05, 3.63) is 18.2 Å². The number of fused-ring (bicyclic) bond motifs is 1. The lowest BCUT2D eigenvalue weighted by Gasteiger charge is -2.19. The minimum atomic E-state index is -0.776. The number of nitrogens with zero attached hydrogens (tertiary/aromatic N) is 1. The van der Waals surface area contributed by atoms with Gasteiger partial charge in [0.2, 0.25) is 5.91 Å². The van der Waals surface area contributed by atoms with E-state index in [0.717, 1.165) is 0 Å². The van der Waals surface area contributed by atoms with E-state index in [-0.39, 0.29) is 12.3 Å². The van der Waals surface area contributed by atoms with Crippen molar-refractivity contribution in [3.8, 4) is 11.5 Å². The van der Waals surface area contributed by atoms with Gasteiger partial charge in [0, 0.05) is 17.5 Å². The minimum absolute atomic E-state index is 0.0364. The number of primary amides is 1. The molecular formula is C13H16N4O4. The summed E-state index contributed by atoms with van der Waals surface area (Å²) < 4.78 is 10.8. The molecule has 1 aliphatic heterocycles. The molecule has 1 heterocycles. The van der Waals surface area contributed by atoms with Crippen LogP contribution in [0, 0.1) is 0 Å². The summed E-state index contributed by atoms with van der Waals surface area (Å²) in [6.07, 6.45) is 0.0364. The van der Waals surface area contributed by atoms with Gasteiger partial charge in [-0.15, -0.1) is 0 Å².